The molecule has 1 amide bonds. The van der Waals surface area contributed by atoms with Crippen LogP contribution in [-0.2, 0) is 4.74 Å². The van der Waals surface area contributed by atoms with Crippen LogP contribution in [0.4, 0.5) is 5.69 Å². The molecule has 1 N–H and O–H groups in total. The summed E-state index contributed by atoms with van der Waals surface area (Å²) in [6.45, 7) is 11.2. The molecule has 7 nitrogen and oxygen atoms in total. The van der Waals surface area contributed by atoms with Crippen molar-refractivity contribution >= 4 is 23.4 Å². The van der Waals surface area contributed by atoms with E-state index in [1.807, 2.05) is 49.5 Å². The standard InChI is InChI=1S/C35H42N4O3/c1-25(2)27-8-6-10-31(22-27)38-34(40)29-13-12-26(3)33(24-29)42-35-32(11-7-15-37-35)28-14-16-36-30(23-28)9-4-5-17-39-18-20-41-21-19-39/h6-8,10-16,22,24-25,30H,4-5,9,17-21,23H2,1-3H3,(H,38,40). The third kappa shape index (κ3) is 7.93. The van der Waals surface area contributed by atoms with Crippen molar-refractivity contribution in [2.24, 2.45) is 4.99 Å². The van der Waals surface area contributed by atoms with Crippen molar-refractivity contribution in [2.45, 2.75) is 58.4 Å². The van der Waals surface area contributed by atoms with E-state index in [1.165, 1.54) is 17.6 Å². The minimum atomic E-state index is -0.176. The number of hydrogen-bond acceptors (Lipinski definition) is 6. The van der Waals surface area contributed by atoms with Crippen LogP contribution in [0.5, 0.6) is 11.6 Å². The lowest BCUT2D eigenvalue weighted by molar-refractivity contribution is 0.0371. The van der Waals surface area contributed by atoms with Crippen molar-refractivity contribution in [1.82, 2.24) is 9.88 Å². The summed E-state index contributed by atoms with van der Waals surface area (Å²) in [5.41, 5.74) is 5.56. The highest BCUT2D eigenvalue weighted by molar-refractivity contribution is 6.04. The predicted molar refractivity (Wildman–Crippen MR) is 170 cm³/mol. The third-order valence-corrected chi connectivity index (χ3v) is 7.98. The maximum atomic E-state index is 13.1. The molecule has 0 spiro atoms. The van der Waals surface area contributed by atoms with Crippen LogP contribution in [0, 0.1) is 6.92 Å². The van der Waals surface area contributed by atoms with E-state index in [0.29, 0.717) is 23.1 Å². The third-order valence-electron chi connectivity index (χ3n) is 7.98. The molecule has 0 saturated carbocycles. The van der Waals surface area contributed by atoms with Gasteiger partial charge in [0.15, 0.2) is 0 Å². The van der Waals surface area contributed by atoms with E-state index in [1.54, 1.807) is 12.3 Å². The Balaban J connectivity index is 1.23. The lowest BCUT2D eigenvalue weighted by Crippen LogP contribution is -2.36. The molecular formula is C35H42N4O3. The summed E-state index contributed by atoms with van der Waals surface area (Å²) in [5.74, 6) is 1.36. The van der Waals surface area contributed by atoms with Crippen LogP contribution < -0.4 is 10.1 Å². The van der Waals surface area contributed by atoms with E-state index in [4.69, 9.17) is 14.5 Å². The second kappa shape index (κ2) is 14.4. The van der Waals surface area contributed by atoms with Crippen LogP contribution in [0.15, 0.2) is 71.9 Å². The fourth-order valence-electron chi connectivity index (χ4n) is 5.40. The Morgan fingerprint density at radius 1 is 1.10 bits per heavy atom. The first-order valence-electron chi connectivity index (χ1n) is 15.1. The van der Waals surface area contributed by atoms with Gasteiger partial charge in [-0.1, -0.05) is 38.5 Å². The maximum absolute atomic E-state index is 13.1. The highest BCUT2D eigenvalue weighted by atomic mass is 16.5. The van der Waals surface area contributed by atoms with E-state index in [-0.39, 0.29) is 11.9 Å². The molecular weight excluding hydrogens is 524 g/mol. The molecule has 3 heterocycles. The number of benzene rings is 2. The molecule has 3 aromatic rings. The topological polar surface area (TPSA) is 76.0 Å². The van der Waals surface area contributed by atoms with Crippen molar-refractivity contribution in [1.29, 1.82) is 0 Å². The first-order chi connectivity index (χ1) is 20.5. The van der Waals surface area contributed by atoms with Gasteiger partial charge in [-0.3, -0.25) is 14.7 Å². The predicted octanol–water partition coefficient (Wildman–Crippen LogP) is 7.29. The number of allylic oxidation sites excluding steroid dienone is 1. The minimum absolute atomic E-state index is 0.176. The number of aliphatic imine (C=N–C) groups is 1. The number of unbranched alkanes of at least 4 members (excludes halogenated alkanes) is 1. The molecule has 1 atom stereocenters. The number of nitrogens with zero attached hydrogens (tertiary/aromatic N) is 3. The lowest BCUT2D eigenvalue weighted by Gasteiger charge is -2.26. The van der Waals surface area contributed by atoms with Crippen molar-refractivity contribution in [3.8, 4) is 11.6 Å². The summed E-state index contributed by atoms with van der Waals surface area (Å²) in [6.07, 6.45) is 9.98. The van der Waals surface area contributed by atoms with Gasteiger partial charge in [-0.2, -0.15) is 0 Å². The van der Waals surface area contributed by atoms with Gasteiger partial charge in [0.2, 0.25) is 5.88 Å². The van der Waals surface area contributed by atoms with Crippen LogP contribution in [-0.4, -0.2) is 60.9 Å². The van der Waals surface area contributed by atoms with Gasteiger partial charge in [0.05, 0.1) is 19.3 Å². The number of carbonyl (C=O) groups excluding carboxylic acids is 1. The number of hydrogen-bond donors (Lipinski definition) is 1. The summed E-state index contributed by atoms with van der Waals surface area (Å²) in [6, 6.07) is 17.8. The van der Waals surface area contributed by atoms with Gasteiger partial charge >= 0.3 is 0 Å². The zero-order valence-electron chi connectivity index (χ0n) is 25.0. The van der Waals surface area contributed by atoms with Gasteiger partial charge in [-0.15, -0.1) is 0 Å². The Morgan fingerprint density at radius 3 is 2.79 bits per heavy atom. The average molecular weight is 567 g/mol. The van der Waals surface area contributed by atoms with Crippen molar-refractivity contribution in [3.05, 3.63) is 89.1 Å². The Labute approximate surface area is 249 Å². The largest absolute Gasteiger partial charge is 0.438 e. The first kappa shape index (κ1) is 29.7. The number of anilines is 1. The van der Waals surface area contributed by atoms with Crippen molar-refractivity contribution in [2.75, 3.05) is 38.2 Å². The summed E-state index contributed by atoms with van der Waals surface area (Å²) in [5, 5.41) is 3.03. The smallest absolute Gasteiger partial charge is 0.255 e. The molecule has 2 aliphatic rings. The Morgan fingerprint density at radius 2 is 1.95 bits per heavy atom. The normalized spacial score (nSPS) is 17.2. The molecule has 1 fully saturated rings. The number of carbonyl (C=O) groups is 1. The van der Waals surface area contributed by atoms with Crippen molar-refractivity contribution < 1.29 is 14.3 Å². The maximum Gasteiger partial charge on any atom is 0.255 e. The highest BCUT2D eigenvalue weighted by Gasteiger charge is 2.19. The van der Waals surface area contributed by atoms with Gasteiger partial charge < -0.3 is 14.8 Å². The van der Waals surface area contributed by atoms with E-state index in [2.05, 4.69) is 47.3 Å². The van der Waals surface area contributed by atoms with Crippen LogP contribution in [0.3, 0.4) is 0 Å². The second-order valence-electron chi connectivity index (χ2n) is 11.5. The number of ether oxygens (including phenoxy) is 2. The molecule has 0 radical (unpaired) electrons. The number of nitrogens with one attached hydrogen (secondary N) is 1. The van der Waals surface area contributed by atoms with E-state index >= 15 is 0 Å². The number of rotatable bonds is 11. The van der Waals surface area contributed by atoms with Gasteiger partial charge in [0, 0.05) is 42.3 Å². The Kier molecular flexibility index (Phi) is 10.2. The van der Waals surface area contributed by atoms with Crippen LogP contribution in [0.25, 0.3) is 5.57 Å². The van der Waals surface area contributed by atoms with Gasteiger partial charge in [0.25, 0.3) is 5.91 Å². The minimum Gasteiger partial charge on any atom is -0.438 e. The average Bonchev–Trinajstić information content (AvgIpc) is 3.01. The molecule has 42 heavy (non-hydrogen) atoms. The second-order valence-corrected chi connectivity index (χ2v) is 11.5. The molecule has 1 unspecified atom stereocenters. The quantitative estimate of drug-likeness (QED) is 0.247. The number of aryl methyl sites for hydroxylation is 1. The number of amides is 1. The molecule has 1 saturated heterocycles. The number of morpholine rings is 1. The number of pyridine rings is 1. The molecule has 5 rings (SSSR count). The zero-order chi connectivity index (χ0) is 29.3. The Hall–Kier alpha value is -3.81. The van der Waals surface area contributed by atoms with E-state index in [0.717, 1.165) is 68.9 Å². The van der Waals surface area contributed by atoms with Crippen LogP contribution in [0.2, 0.25) is 0 Å². The molecule has 0 aliphatic carbocycles. The zero-order valence-corrected chi connectivity index (χ0v) is 25.0. The Bertz CT molecular complexity index is 1430. The first-order valence-corrected chi connectivity index (χ1v) is 15.1. The summed E-state index contributed by atoms with van der Waals surface area (Å²) < 4.78 is 11.9. The fourth-order valence-corrected chi connectivity index (χ4v) is 5.40. The number of aromatic nitrogens is 1. The van der Waals surface area contributed by atoms with Crippen molar-refractivity contribution in [3.63, 3.8) is 0 Å². The SMILES string of the molecule is Cc1ccc(C(=O)Nc2cccc(C(C)C)c2)cc1Oc1ncccc1C1=CC=NC(CCCCN2CCOCC2)C1. The summed E-state index contributed by atoms with van der Waals surface area (Å²) in [7, 11) is 0. The molecule has 220 valence electrons. The molecule has 2 aliphatic heterocycles. The van der Waals surface area contributed by atoms with Crippen LogP contribution >= 0.6 is 0 Å². The van der Waals surface area contributed by atoms with E-state index < -0.39 is 0 Å². The molecule has 7 heteroatoms. The fraction of sp³-hybridized carbons (Fsp3) is 0.400. The van der Waals surface area contributed by atoms with Gasteiger partial charge in [-0.25, -0.2) is 4.98 Å². The van der Waals surface area contributed by atoms with E-state index in [9.17, 15) is 4.79 Å². The molecule has 0 bridgehead atoms. The monoisotopic (exact) mass is 566 g/mol. The lowest BCUT2D eigenvalue weighted by atomic mass is 9.94. The van der Waals surface area contributed by atoms with Crippen LogP contribution in [0.1, 0.15) is 72.5 Å². The number of dihydropyridines is 1. The van der Waals surface area contributed by atoms with Gasteiger partial charge in [-0.05, 0) is 97.8 Å². The summed E-state index contributed by atoms with van der Waals surface area (Å²) >= 11 is 0. The molecule has 1 aromatic heterocycles. The van der Waals surface area contributed by atoms with Gasteiger partial charge in [0.1, 0.15) is 5.75 Å². The summed E-state index contributed by atoms with van der Waals surface area (Å²) in [4.78, 5) is 25.0. The highest BCUT2D eigenvalue weighted by Crippen LogP contribution is 2.34. The molecule has 2 aromatic carbocycles.